The number of nitrogens with zero attached hydrogens (tertiary/aromatic N) is 4. The molecule has 0 atom stereocenters. The zero-order valence-electron chi connectivity index (χ0n) is 13.9. The number of aryl methyl sites for hydroxylation is 3. The van der Waals surface area contributed by atoms with Crippen LogP contribution in [0.3, 0.4) is 0 Å². The number of hydrogen-bond donors (Lipinski definition) is 0. The molecule has 0 spiro atoms. The predicted octanol–water partition coefficient (Wildman–Crippen LogP) is 2.34. The van der Waals surface area contributed by atoms with Gasteiger partial charge in [-0.1, -0.05) is 5.16 Å². The summed E-state index contributed by atoms with van der Waals surface area (Å²) in [6.45, 7) is 7.19. The van der Waals surface area contributed by atoms with Crippen LogP contribution in [0.25, 0.3) is 0 Å². The Kier molecular flexibility index (Phi) is 4.41. The average molecular weight is 314 g/mol. The van der Waals surface area contributed by atoms with Crippen LogP contribution < -0.4 is 0 Å². The fraction of sp³-hybridized carbons (Fsp3) is 0.529. The molecule has 2 aromatic rings. The number of carbonyl (C=O) groups excluding carboxylic acids is 1. The Balaban J connectivity index is 1.59. The van der Waals surface area contributed by atoms with E-state index in [0.717, 1.165) is 54.5 Å². The molecule has 0 unspecified atom stereocenters. The number of aromatic nitrogens is 3. The van der Waals surface area contributed by atoms with Crippen LogP contribution in [0.4, 0.5) is 0 Å². The first-order valence-electron chi connectivity index (χ1n) is 8.03. The van der Waals surface area contributed by atoms with E-state index in [2.05, 4.69) is 15.1 Å². The van der Waals surface area contributed by atoms with Crippen LogP contribution in [0.15, 0.2) is 16.8 Å². The summed E-state index contributed by atoms with van der Waals surface area (Å²) >= 11 is 0. The lowest BCUT2D eigenvalue weighted by Crippen LogP contribution is -2.39. The maximum atomic E-state index is 12.5. The fourth-order valence-electron chi connectivity index (χ4n) is 3.14. The summed E-state index contributed by atoms with van der Waals surface area (Å²) in [6.07, 6.45) is 4.08. The zero-order chi connectivity index (χ0) is 16.4. The van der Waals surface area contributed by atoms with Gasteiger partial charge in [0.25, 0.3) is 0 Å². The molecule has 122 valence electrons. The molecule has 1 aliphatic heterocycles. The minimum absolute atomic E-state index is 0.150. The summed E-state index contributed by atoms with van der Waals surface area (Å²) < 4.78 is 5.13. The third kappa shape index (κ3) is 3.41. The third-order valence-electron chi connectivity index (χ3n) is 4.57. The van der Waals surface area contributed by atoms with Crippen LogP contribution in [0, 0.1) is 20.8 Å². The topological polar surface area (TPSA) is 72.1 Å². The summed E-state index contributed by atoms with van der Waals surface area (Å²) in [4.78, 5) is 23.1. The number of hydrogen-bond acceptors (Lipinski definition) is 5. The Morgan fingerprint density at radius 2 is 2.04 bits per heavy atom. The van der Waals surface area contributed by atoms with Gasteiger partial charge in [-0.25, -0.2) is 9.97 Å². The van der Waals surface area contributed by atoms with Crippen LogP contribution in [0.2, 0.25) is 0 Å². The van der Waals surface area contributed by atoms with Gasteiger partial charge in [0, 0.05) is 36.5 Å². The number of rotatable bonds is 3. The van der Waals surface area contributed by atoms with Gasteiger partial charge in [-0.15, -0.1) is 0 Å². The number of piperidine rings is 1. The Labute approximate surface area is 135 Å². The minimum Gasteiger partial charge on any atom is -0.361 e. The summed E-state index contributed by atoms with van der Waals surface area (Å²) in [5.41, 5.74) is 2.82. The highest BCUT2D eigenvalue weighted by Gasteiger charge is 2.26. The monoisotopic (exact) mass is 314 g/mol. The Morgan fingerprint density at radius 1 is 1.30 bits per heavy atom. The summed E-state index contributed by atoms with van der Waals surface area (Å²) in [5, 5.41) is 3.91. The van der Waals surface area contributed by atoms with Crippen LogP contribution in [-0.2, 0) is 11.2 Å². The molecule has 0 aliphatic carbocycles. The van der Waals surface area contributed by atoms with E-state index in [1.165, 1.54) is 0 Å². The van der Waals surface area contributed by atoms with Gasteiger partial charge in [0.1, 0.15) is 11.6 Å². The molecule has 6 nitrogen and oxygen atoms in total. The van der Waals surface area contributed by atoms with Crippen molar-refractivity contribution in [2.24, 2.45) is 0 Å². The van der Waals surface area contributed by atoms with Gasteiger partial charge < -0.3 is 9.42 Å². The van der Waals surface area contributed by atoms with Crippen molar-refractivity contribution in [2.45, 2.75) is 46.0 Å². The van der Waals surface area contributed by atoms with Crippen LogP contribution in [-0.4, -0.2) is 39.0 Å². The summed E-state index contributed by atoms with van der Waals surface area (Å²) in [6, 6.07) is 1.99. The first-order chi connectivity index (χ1) is 11.0. The molecule has 0 saturated carbocycles. The van der Waals surface area contributed by atoms with E-state index in [-0.39, 0.29) is 5.91 Å². The maximum Gasteiger partial charge on any atom is 0.227 e. The Bertz CT molecular complexity index is 683. The molecule has 6 heteroatoms. The second kappa shape index (κ2) is 6.48. The van der Waals surface area contributed by atoms with Crippen molar-refractivity contribution in [1.82, 2.24) is 20.0 Å². The van der Waals surface area contributed by atoms with Crippen molar-refractivity contribution in [3.63, 3.8) is 0 Å². The highest BCUT2D eigenvalue weighted by Crippen LogP contribution is 2.27. The van der Waals surface area contributed by atoms with Gasteiger partial charge in [0.05, 0.1) is 12.1 Å². The van der Waals surface area contributed by atoms with E-state index in [4.69, 9.17) is 4.52 Å². The molecule has 1 fully saturated rings. The van der Waals surface area contributed by atoms with Gasteiger partial charge in [-0.3, -0.25) is 4.79 Å². The Morgan fingerprint density at radius 3 is 2.65 bits per heavy atom. The lowest BCUT2D eigenvalue weighted by atomic mass is 9.93. The highest BCUT2D eigenvalue weighted by molar-refractivity contribution is 5.79. The summed E-state index contributed by atoms with van der Waals surface area (Å²) in [7, 11) is 0. The van der Waals surface area contributed by atoms with Crippen molar-refractivity contribution in [3.05, 3.63) is 40.8 Å². The number of carbonyl (C=O) groups is 1. The molecule has 0 bridgehead atoms. The molecule has 0 aromatic carbocycles. The van der Waals surface area contributed by atoms with Gasteiger partial charge >= 0.3 is 0 Å². The molecule has 1 aliphatic rings. The molecule has 0 N–H and O–H groups in total. The second-order valence-electron chi connectivity index (χ2n) is 6.16. The van der Waals surface area contributed by atoms with E-state index >= 15 is 0 Å². The van der Waals surface area contributed by atoms with Crippen molar-refractivity contribution in [3.8, 4) is 0 Å². The first kappa shape index (κ1) is 15.6. The smallest absolute Gasteiger partial charge is 0.227 e. The maximum absolute atomic E-state index is 12.5. The van der Waals surface area contributed by atoms with Crippen molar-refractivity contribution in [1.29, 1.82) is 0 Å². The SMILES string of the molecule is Cc1nccc(C2CCN(C(=O)Cc3c(C)noc3C)CC2)n1. The zero-order valence-corrected chi connectivity index (χ0v) is 13.9. The summed E-state index contributed by atoms with van der Waals surface area (Å²) in [5.74, 6) is 2.11. The molecule has 3 rings (SSSR count). The van der Waals surface area contributed by atoms with E-state index in [0.29, 0.717) is 12.3 Å². The standard InChI is InChI=1S/C17H22N4O2/c1-11-15(12(2)23-20-11)10-17(22)21-8-5-14(6-9-21)16-4-7-18-13(3)19-16/h4,7,14H,5-6,8-10H2,1-3H3. The molecule has 1 amide bonds. The van der Waals surface area contributed by atoms with Gasteiger partial charge in [0.15, 0.2) is 0 Å². The first-order valence-corrected chi connectivity index (χ1v) is 8.03. The van der Waals surface area contributed by atoms with Gasteiger partial charge in [-0.2, -0.15) is 0 Å². The van der Waals surface area contributed by atoms with Gasteiger partial charge in [0.2, 0.25) is 5.91 Å². The van der Waals surface area contributed by atoms with Gasteiger partial charge in [-0.05, 0) is 39.7 Å². The minimum atomic E-state index is 0.150. The predicted molar refractivity (Wildman–Crippen MR) is 85.0 cm³/mol. The van der Waals surface area contributed by atoms with E-state index in [9.17, 15) is 4.79 Å². The molecule has 0 radical (unpaired) electrons. The second-order valence-corrected chi connectivity index (χ2v) is 6.16. The normalized spacial score (nSPS) is 15.9. The average Bonchev–Trinajstić information content (AvgIpc) is 2.87. The quantitative estimate of drug-likeness (QED) is 0.869. The molecule has 2 aromatic heterocycles. The van der Waals surface area contributed by atoms with E-state index < -0.39 is 0 Å². The third-order valence-corrected chi connectivity index (χ3v) is 4.57. The molecular formula is C17H22N4O2. The highest BCUT2D eigenvalue weighted by atomic mass is 16.5. The number of likely N-dealkylation sites (tertiary alicyclic amines) is 1. The van der Waals surface area contributed by atoms with Crippen molar-refractivity contribution >= 4 is 5.91 Å². The largest absolute Gasteiger partial charge is 0.361 e. The van der Waals surface area contributed by atoms with E-state index in [1.807, 2.05) is 37.9 Å². The fourth-order valence-corrected chi connectivity index (χ4v) is 3.14. The molecule has 1 saturated heterocycles. The molecule has 23 heavy (non-hydrogen) atoms. The molecule has 3 heterocycles. The van der Waals surface area contributed by atoms with E-state index in [1.54, 1.807) is 0 Å². The number of amides is 1. The van der Waals surface area contributed by atoms with Crippen molar-refractivity contribution in [2.75, 3.05) is 13.1 Å². The Hall–Kier alpha value is -2.24. The molecular weight excluding hydrogens is 292 g/mol. The lowest BCUT2D eigenvalue weighted by Gasteiger charge is -2.31. The lowest BCUT2D eigenvalue weighted by molar-refractivity contribution is -0.131. The van der Waals surface area contributed by atoms with Crippen LogP contribution in [0.5, 0.6) is 0 Å². The van der Waals surface area contributed by atoms with Crippen LogP contribution in [0.1, 0.15) is 47.3 Å². The van der Waals surface area contributed by atoms with Crippen molar-refractivity contribution < 1.29 is 9.32 Å². The van der Waals surface area contributed by atoms with Crippen LogP contribution >= 0.6 is 0 Å².